The number of fused-ring (bicyclic) bond motifs is 1. The molecular formula is C24H17ClFN5OS. The number of benzene rings is 2. The van der Waals surface area contributed by atoms with Gasteiger partial charge in [-0.05, 0) is 85.8 Å². The van der Waals surface area contributed by atoms with Gasteiger partial charge in [-0.1, -0.05) is 17.7 Å². The van der Waals surface area contributed by atoms with Crippen molar-refractivity contribution in [2.24, 2.45) is 10.1 Å². The molecule has 33 heavy (non-hydrogen) atoms. The summed E-state index contributed by atoms with van der Waals surface area (Å²) in [5.74, 6) is -0.898. The number of carbonyl (C=O) groups excluding carboxylic acids is 1. The first-order valence-electron chi connectivity index (χ1n) is 10.0. The average molecular weight is 478 g/mol. The van der Waals surface area contributed by atoms with Gasteiger partial charge in [0.15, 0.2) is 5.84 Å². The number of rotatable bonds is 3. The Labute approximate surface area is 198 Å². The Kier molecular flexibility index (Phi) is 5.26. The van der Waals surface area contributed by atoms with Crippen LogP contribution in [-0.4, -0.2) is 31.5 Å². The molecule has 2 aliphatic rings. The van der Waals surface area contributed by atoms with Crippen molar-refractivity contribution < 1.29 is 9.18 Å². The van der Waals surface area contributed by atoms with Gasteiger partial charge in [-0.25, -0.2) is 4.39 Å². The molecule has 0 aliphatic carbocycles. The van der Waals surface area contributed by atoms with Crippen LogP contribution >= 0.6 is 23.4 Å². The lowest BCUT2D eigenvalue weighted by molar-refractivity contribution is -0.114. The van der Waals surface area contributed by atoms with Crippen molar-refractivity contribution in [2.45, 2.75) is 13.8 Å². The minimum atomic E-state index is -0.498. The van der Waals surface area contributed by atoms with Gasteiger partial charge in [0, 0.05) is 27.7 Å². The minimum Gasteiger partial charge on any atom is -0.318 e. The van der Waals surface area contributed by atoms with E-state index in [9.17, 15) is 9.18 Å². The molecule has 0 atom stereocenters. The first-order valence-corrected chi connectivity index (χ1v) is 11.2. The third-order valence-electron chi connectivity index (χ3n) is 5.38. The molecule has 0 radical (unpaired) electrons. The lowest BCUT2D eigenvalue weighted by Crippen LogP contribution is -2.35. The Morgan fingerprint density at radius 2 is 1.88 bits per heavy atom. The Bertz CT molecular complexity index is 1420. The molecule has 0 unspecified atom stereocenters. The summed E-state index contributed by atoms with van der Waals surface area (Å²) in [6, 6.07) is 15.4. The molecule has 6 nitrogen and oxygen atoms in total. The van der Waals surface area contributed by atoms with Gasteiger partial charge < -0.3 is 4.57 Å². The number of aliphatic imine (C=N–C) groups is 1. The quantitative estimate of drug-likeness (QED) is 0.502. The summed E-state index contributed by atoms with van der Waals surface area (Å²) in [5.41, 5.74) is 4.42. The van der Waals surface area contributed by atoms with Crippen LogP contribution in [0.4, 0.5) is 4.39 Å². The van der Waals surface area contributed by atoms with Crippen molar-refractivity contribution in [2.75, 3.05) is 0 Å². The molecule has 1 aromatic heterocycles. The zero-order chi connectivity index (χ0) is 23.3. The van der Waals surface area contributed by atoms with Crippen LogP contribution in [-0.2, 0) is 4.79 Å². The number of thioether (sulfide) groups is 1. The fourth-order valence-corrected chi connectivity index (χ4v) is 4.88. The van der Waals surface area contributed by atoms with Gasteiger partial charge in [0.2, 0.25) is 5.17 Å². The second-order valence-electron chi connectivity index (χ2n) is 7.57. The minimum absolute atomic E-state index is 0.0535. The number of hydrogen-bond donors (Lipinski definition) is 1. The topological polar surface area (TPSA) is 73.8 Å². The van der Waals surface area contributed by atoms with E-state index in [1.54, 1.807) is 18.2 Å². The van der Waals surface area contributed by atoms with E-state index in [0.29, 0.717) is 20.8 Å². The number of aryl methyl sites for hydroxylation is 1. The average Bonchev–Trinajstić information content (AvgIpc) is 3.32. The highest BCUT2D eigenvalue weighted by Gasteiger charge is 2.36. The molecule has 0 bridgehead atoms. The molecular weight excluding hydrogens is 461 g/mol. The van der Waals surface area contributed by atoms with Crippen molar-refractivity contribution in [1.29, 1.82) is 5.41 Å². The number of nitrogens with zero attached hydrogens (tertiary/aromatic N) is 4. The number of halogens is 2. The SMILES string of the molecule is Cc1cc(/C=C2/C(=N)N3N=C(c4ccc(F)cc4)SC3=NC2=O)c(C)n1-c1cccc(Cl)c1. The van der Waals surface area contributed by atoms with E-state index in [2.05, 4.69) is 10.1 Å². The third kappa shape index (κ3) is 3.81. The lowest BCUT2D eigenvalue weighted by atomic mass is 10.1. The summed E-state index contributed by atoms with van der Waals surface area (Å²) in [6.45, 7) is 3.92. The molecule has 3 aromatic rings. The molecule has 0 saturated carbocycles. The summed E-state index contributed by atoms with van der Waals surface area (Å²) in [5, 5.41) is 15.9. The number of hydrazone groups is 1. The van der Waals surface area contributed by atoms with Gasteiger partial charge >= 0.3 is 0 Å². The summed E-state index contributed by atoms with van der Waals surface area (Å²) < 4.78 is 15.3. The second-order valence-corrected chi connectivity index (χ2v) is 8.97. The van der Waals surface area contributed by atoms with E-state index in [4.69, 9.17) is 17.0 Å². The fourth-order valence-electron chi connectivity index (χ4n) is 3.80. The van der Waals surface area contributed by atoms with Crippen molar-refractivity contribution in [3.05, 3.63) is 93.5 Å². The highest BCUT2D eigenvalue weighted by atomic mass is 35.5. The van der Waals surface area contributed by atoms with Gasteiger partial charge in [0.1, 0.15) is 10.9 Å². The van der Waals surface area contributed by atoms with E-state index < -0.39 is 5.91 Å². The Morgan fingerprint density at radius 1 is 1.12 bits per heavy atom. The van der Waals surface area contributed by atoms with Gasteiger partial charge in [-0.3, -0.25) is 10.2 Å². The highest BCUT2D eigenvalue weighted by molar-refractivity contribution is 8.27. The van der Waals surface area contributed by atoms with Crippen LogP contribution in [0.15, 0.2) is 70.3 Å². The number of nitrogens with one attached hydrogen (secondary N) is 1. The zero-order valence-corrected chi connectivity index (χ0v) is 19.2. The molecule has 0 spiro atoms. The van der Waals surface area contributed by atoms with E-state index in [-0.39, 0.29) is 17.2 Å². The molecule has 9 heteroatoms. The third-order valence-corrected chi connectivity index (χ3v) is 6.57. The number of aromatic nitrogens is 1. The smallest absolute Gasteiger partial charge is 0.283 e. The van der Waals surface area contributed by atoms with Crippen molar-refractivity contribution in [3.63, 3.8) is 0 Å². The van der Waals surface area contributed by atoms with Crippen molar-refractivity contribution >= 4 is 51.4 Å². The highest BCUT2D eigenvalue weighted by Crippen LogP contribution is 2.32. The standard InChI is InChI=1S/C24H17ClFN5OS/c1-13-10-16(14(2)30(13)19-5-3-4-17(25)12-19)11-20-21(27)31-24(28-22(20)32)33-23(29-31)15-6-8-18(26)9-7-15/h3-12,27H,1-2H3/b20-11-,27-21?. The Hall–Kier alpha value is -3.49. The maximum absolute atomic E-state index is 13.3. The maximum atomic E-state index is 13.3. The maximum Gasteiger partial charge on any atom is 0.283 e. The van der Waals surface area contributed by atoms with Crippen LogP contribution in [0.3, 0.4) is 0 Å². The van der Waals surface area contributed by atoms with E-state index in [1.807, 2.05) is 48.7 Å². The molecule has 0 saturated heterocycles. The largest absolute Gasteiger partial charge is 0.318 e. The molecule has 1 amide bonds. The molecule has 164 valence electrons. The van der Waals surface area contributed by atoms with Crippen LogP contribution in [0.1, 0.15) is 22.5 Å². The lowest BCUT2D eigenvalue weighted by Gasteiger charge is -2.20. The number of carbonyl (C=O) groups is 1. The van der Waals surface area contributed by atoms with Crippen LogP contribution in [0, 0.1) is 25.1 Å². The Balaban J connectivity index is 1.51. The monoisotopic (exact) mass is 477 g/mol. The summed E-state index contributed by atoms with van der Waals surface area (Å²) in [6.07, 6.45) is 1.67. The zero-order valence-electron chi connectivity index (χ0n) is 17.6. The normalized spacial score (nSPS) is 16.8. The van der Waals surface area contributed by atoms with Crippen molar-refractivity contribution in [1.82, 2.24) is 9.58 Å². The molecule has 2 aromatic carbocycles. The van der Waals surface area contributed by atoms with Gasteiger partial charge in [0.05, 0.1) is 5.57 Å². The first kappa shape index (κ1) is 21.4. The van der Waals surface area contributed by atoms with E-state index in [1.165, 1.54) is 28.9 Å². The number of amides is 1. The fraction of sp³-hybridized carbons (Fsp3) is 0.0833. The van der Waals surface area contributed by atoms with Crippen LogP contribution in [0.25, 0.3) is 11.8 Å². The predicted molar refractivity (Wildman–Crippen MR) is 131 cm³/mol. The summed E-state index contributed by atoms with van der Waals surface area (Å²) >= 11 is 7.34. The number of amidine groups is 2. The van der Waals surface area contributed by atoms with Crippen LogP contribution < -0.4 is 0 Å². The van der Waals surface area contributed by atoms with Gasteiger partial charge in [-0.15, -0.1) is 0 Å². The van der Waals surface area contributed by atoms with E-state index in [0.717, 1.165) is 22.6 Å². The molecule has 0 fully saturated rings. The Morgan fingerprint density at radius 3 is 2.61 bits per heavy atom. The van der Waals surface area contributed by atoms with Gasteiger partial charge in [-0.2, -0.15) is 15.1 Å². The van der Waals surface area contributed by atoms with Gasteiger partial charge in [0.25, 0.3) is 5.91 Å². The first-order chi connectivity index (χ1) is 15.8. The summed E-state index contributed by atoms with van der Waals surface area (Å²) in [4.78, 5) is 16.9. The van der Waals surface area contributed by atoms with Crippen LogP contribution in [0.5, 0.6) is 0 Å². The van der Waals surface area contributed by atoms with Crippen molar-refractivity contribution in [3.8, 4) is 5.69 Å². The molecule has 5 rings (SSSR count). The van der Waals surface area contributed by atoms with Crippen LogP contribution in [0.2, 0.25) is 5.02 Å². The second kappa shape index (κ2) is 8.13. The number of hydrogen-bond acceptors (Lipinski definition) is 4. The van der Waals surface area contributed by atoms with E-state index >= 15 is 0 Å². The molecule has 3 heterocycles. The predicted octanol–water partition coefficient (Wildman–Crippen LogP) is 5.55. The molecule has 2 aliphatic heterocycles. The summed E-state index contributed by atoms with van der Waals surface area (Å²) in [7, 11) is 0. The molecule has 1 N–H and O–H groups in total.